The molecule has 0 radical (unpaired) electrons. The third-order valence-corrected chi connectivity index (χ3v) is 24.5. The summed E-state index contributed by atoms with van der Waals surface area (Å²) < 4.78 is 64.0. The minimum absolute atomic E-state index is 0.0602. The van der Waals surface area contributed by atoms with Crippen LogP contribution >= 0.6 is 59.5 Å². The molecular weight excluding hydrogens is 1970 g/mol. The highest BCUT2D eigenvalue weighted by atomic mass is 35.5. The first kappa shape index (κ1) is 116. The van der Waals surface area contributed by atoms with Gasteiger partial charge < -0.3 is 75.2 Å². The highest BCUT2D eigenvalue weighted by Gasteiger charge is 2.22. The summed E-state index contributed by atoms with van der Waals surface area (Å²) in [4.78, 5) is 127. The first-order valence-electron chi connectivity index (χ1n) is 45.7. The fourth-order valence-corrected chi connectivity index (χ4v) is 16.3. The monoisotopic (exact) mass is 2100 g/mol. The van der Waals surface area contributed by atoms with Crippen LogP contribution in [-0.2, 0) is 61.8 Å². The van der Waals surface area contributed by atoms with Crippen molar-refractivity contribution >= 4 is 83.5 Å². The quantitative estimate of drug-likeness (QED) is 0.00445. The predicted molar refractivity (Wildman–Crippen MR) is 576 cm³/mol. The second-order valence-electron chi connectivity index (χ2n) is 33.8. The maximum Gasteiger partial charge on any atom is 0.407 e. The van der Waals surface area contributed by atoms with Crippen LogP contribution in [-0.4, -0.2) is 181 Å². The van der Waals surface area contributed by atoms with Crippen molar-refractivity contribution in [3.05, 3.63) is 370 Å². The first-order valence-corrected chi connectivity index (χ1v) is 49.7. The Morgan fingerprint density at radius 2 is 0.616 bits per heavy atom. The molecule has 0 fully saturated rings. The smallest absolute Gasteiger partial charge is 0.407 e. The van der Waals surface area contributed by atoms with Crippen molar-refractivity contribution in [2.24, 2.45) is 17.2 Å². The molecule has 0 spiro atoms. The first-order chi connectivity index (χ1) is 69.8. The van der Waals surface area contributed by atoms with Gasteiger partial charge in [0.2, 0.25) is 5.96 Å². The Bertz CT molecular complexity index is 6890. The number of halogens is 1. The van der Waals surface area contributed by atoms with Crippen LogP contribution in [0.1, 0.15) is 98.9 Å². The van der Waals surface area contributed by atoms with E-state index in [1.165, 1.54) is 82.5 Å². The normalized spacial score (nSPS) is 10.7. The molecule has 13 aromatic rings. The Kier molecular flexibility index (Phi) is 46.9. The summed E-state index contributed by atoms with van der Waals surface area (Å²) >= 11 is 14.2. The van der Waals surface area contributed by atoms with Crippen molar-refractivity contribution in [3.63, 3.8) is 0 Å². The summed E-state index contributed by atoms with van der Waals surface area (Å²) in [6.07, 6.45) is 3.45. The number of nitrogens with zero attached hydrogens (tertiary/aromatic N) is 10. The molecule has 0 saturated carbocycles. The molecule has 0 bridgehead atoms. The molecule has 8 aromatic carbocycles. The van der Waals surface area contributed by atoms with Gasteiger partial charge in [-0.2, -0.15) is 17.7 Å². The van der Waals surface area contributed by atoms with E-state index in [0.717, 1.165) is 72.1 Å². The molecule has 10 N–H and O–H groups in total. The van der Waals surface area contributed by atoms with Gasteiger partial charge in [-0.1, -0.05) is 109 Å². The van der Waals surface area contributed by atoms with Crippen LogP contribution in [0, 0.1) is 10.8 Å². The van der Waals surface area contributed by atoms with E-state index >= 15 is 0 Å². The number of aromatic nitrogens is 10. The topological polar surface area (TPSA) is 470 Å². The summed E-state index contributed by atoms with van der Waals surface area (Å²) in [6.45, 7) is 14.0. The SMILES string of the molecule is CC(C)(C)OC(=O)NCCS.COc1ccc(Cn2c(Cl)cc(=O)n(Cc3ccc(OC)cc3)c2=O)cc1.COc1ccc(Cn2c(SCCCC(=N)N)cc(=O)n(Cc3ccc(OC)cc3)c2=O)cc1.COc1ccc(Cn2c(SCCN)cc(=O)n(Cc3ccc(OC)cc3)c2=O)cc1.COc1ccc(Cn2c(SCCNC(=O)OC(C)(C)C)cc(=O)n(Cc3ccc(OC)cc3)c2=O)cc1.N=C(N)n1cccn1. The highest BCUT2D eigenvalue weighted by Crippen LogP contribution is 2.26. The number of nitrogen functional groups attached to an aromatic ring is 1. The van der Waals surface area contributed by atoms with Crippen LogP contribution in [0.3, 0.4) is 0 Å². The summed E-state index contributed by atoms with van der Waals surface area (Å²) in [6, 6.07) is 66.1. The van der Waals surface area contributed by atoms with Gasteiger partial charge in [0.05, 0.1) is 130 Å². The lowest BCUT2D eigenvalue weighted by atomic mass is 10.2. The maximum atomic E-state index is 13.5. The van der Waals surface area contributed by atoms with Gasteiger partial charge in [-0.05, 0) is 201 Å². The number of amidine groups is 1. The zero-order valence-corrected chi connectivity index (χ0v) is 88.1. The number of carbonyl (C=O) groups is 2. The average molecular weight is 2100 g/mol. The molecule has 5 aromatic heterocycles. The van der Waals surface area contributed by atoms with Crippen LogP contribution in [0.25, 0.3) is 0 Å². The lowest BCUT2D eigenvalue weighted by molar-refractivity contribution is 0.0520. The van der Waals surface area contributed by atoms with E-state index in [2.05, 4.69) is 28.4 Å². The Labute approximate surface area is 868 Å². The number of thioether (sulfide) groups is 3. The highest BCUT2D eigenvalue weighted by molar-refractivity contribution is 7.99. The Balaban J connectivity index is 0.000000224. The standard InChI is InChI=1S/C27H33N3O6S.C24H28N4O4S.C22H25N3O4S.C20H19ClN2O4.C7H15NO2S.C4H6N4/c1-27(2,3)36-25(32)28-14-15-37-24-16-23(31)29(17-19-6-10-21(34-4)11-7-19)26(33)30(24)18-20-8-12-22(35-5)13-9-20;1-31-19-9-5-17(6-10-19)15-27-22(29)14-23(33-13-3-4-21(25)26)28(24(27)30)16-18-7-11-20(32-2)12-8-18;1-28-18-7-3-16(4-8-18)14-24-20(26)13-21(30-12-11-23)25(22(24)27)15-17-5-9-19(29-2)10-6-17;1-26-16-7-3-14(4-8-16)12-22-18(21)11-19(24)23(20(22)25)13-15-5-9-17(27-2)10-6-15;1-7(2,3)10-6(9)8-4-5-11;5-4(6)8-3-1-2-7-8/h6-13,16H,14-15,17-18H2,1-5H3,(H,28,32);5-12,14H,3-4,13,15-16H2,1-2H3,(H3,25,26);3-10,13H,11-12,14-15,23H2,1-2H3;3-11H,12-13H2,1-2H3;11H,4-5H2,1-3H3,(H,8,9);1-3H,(H3,5,6). The molecule has 0 saturated heterocycles. The zero-order chi connectivity index (χ0) is 107. The molecule has 0 unspecified atom stereocenters. The van der Waals surface area contributed by atoms with Crippen LogP contribution in [0.2, 0.25) is 5.15 Å². The van der Waals surface area contributed by atoms with Crippen molar-refractivity contribution in [2.45, 2.75) is 133 Å². The number of rotatable bonds is 38. The van der Waals surface area contributed by atoms with Gasteiger partial charge in [0, 0.05) is 80.0 Å². The summed E-state index contributed by atoms with van der Waals surface area (Å²) in [5.74, 6) is 8.13. The fraction of sp³-hybridized carbons (Fsp3) is 0.317. The van der Waals surface area contributed by atoms with Gasteiger partial charge in [0.25, 0.3) is 22.2 Å². The van der Waals surface area contributed by atoms with E-state index in [4.69, 9.17) is 87.0 Å². The molecule has 146 heavy (non-hydrogen) atoms. The number of carbonyl (C=O) groups excluding carboxylic acids is 2. The third-order valence-electron chi connectivity index (χ3n) is 20.7. The van der Waals surface area contributed by atoms with Gasteiger partial charge in [0.15, 0.2) is 0 Å². The molecule has 42 heteroatoms. The molecule has 0 atom stereocenters. The van der Waals surface area contributed by atoms with Gasteiger partial charge in [-0.25, -0.2) is 33.4 Å². The second kappa shape index (κ2) is 58.8. The molecule has 37 nitrogen and oxygen atoms in total. The number of benzene rings is 8. The number of alkyl carbamates (subject to hydrolysis) is 2. The van der Waals surface area contributed by atoms with Crippen molar-refractivity contribution in [1.82, 2.24) is 57.0 Å². The number of thiol groups is 1. The van der Waals surface area contributed by atoms with Crippen LogP contribution in [0.15, 0.2) is 290 Å². The van der Waals surface area contributed by atoms with E-state index in [1.807, 2.05) is 178 Å². The van der Waals surface area contributed by atoms with Crippen LogP contribution < -0.4 is 111 Å². The van der Waals surface area contributed by atoms with Crippen molar-refractivity contribution in [2.75, 3.05) is 99.5 Å². The van der Waals surface area contributed by atoms with E-state index in [-0.39, 0.29) is 84.8 Å². The molecule has 0 aliphatic heterocycles. The number of methoxy groups -OCH3 is 8. The molecular formula is C104H126ClN17O20S4. The summed E-state index contributed by atoms with van der Waals surface area (Å²) in [7, 11) is 12.7. The maximum absolute atomic E-state index is 13.5. The molecule has 0 aliphatic carbocycles. The minimum atomic E-state index is -0.593. The molecule has 2 amide bonds. The van der Waals surface area contributed by atoms with Crippen molar-refractivity contribution in [1.29, 1.82) is 10.8 Å². The lowest BCUT2D eigenvalue weighted by Crippen LogP contribution is -2.40. The van der Waals surface area contributed by atoms with Crippen LogP contribution in [0.5, 0.6) is 46.0 Å². The number of ether oxygens (including phenoxy) is 10. The third kappa shape index (κ3) is 38.1. The Morgan fingerprint density at radius 1 is 0.370 bits per heavy atom. The van der Waals surface area contributed by atoms with Gasteiger partial charge in [-0.15, -0.1) is 35.3 Å². The number of amides is 2. The molecule has 5 heterocycles. The number of nitrogens with two attached hydrogens (primary N) is 3. The van der Waals surface area contributed by atoms with Crippen molar-refractivity contribution < 1.29 is 57.0 Å². The van der Waals surface area contributed by atoms with Gasteiger partial charge in [-0.3, -0.25) is 66.5 Å². The number of hydrogen-bond acceptors (Lipinski definition) is 28. The zero-order valence-electron chi connectivity index (χ0n) is 84.0. The molecule has 13 rings (SSSR count). The summed E-state index contributed by atoms with van der Waals surface area (Å²) in [5, 5.41) is 25.0. The minimum Gasteiger partial charge on any atom is -0.497 e. The Morgan fingerprint density at radius 3 is 0.849 bits per heavy atom. The van der Waals surface area contributed by atoms with E-state index in [0.29, 0.717) is 107 Å². The van der Waals surface area contributed by atoms with E-state index in [1.54, 1.807) is 146 Å². The fourth-order valence-electron chi connectivity index (χ4n) is 13.3. The van der Waals surface area contributed by atoms with Gasteiger partial charge >= 0.3 is 34.9 Å². The van der Waals surface area contributed by atoms with E-state index in [9.17, 15) is 47.9 Å². The van der Waals surface area contributed by atoms with Gasteiger partial charge in [0.1, 0.15) is 62.4 Å². The molecule has 0 aliphatic rings. The van der Waals surface area contributed by atoms with Crippen molar-refractivity contribution in [3.8, 4) is 46.0 Å². The number of hydrogen-bond donors (Lipinski definition) is 8. The van der Waals surface area contributed by atoms with Crippen LogP contribution in [0.4, 0.5) is 9.59 Å². The Hall–Kier alpha value is -14.8. The second-order valence-corrected chi connectivity index (χ2v) is 37.9. The molecule has 778 valence electrons. The number of nitrogens with one attached hydrogen (secondary N) is 4. The predicted octanol–water partition coefficient (Wildman–Crippen LogP) is 12.7. The average Bonchev–Trinajstić information content (AvgIpc) is 0.886. The van der Waals surface area contributed by atoms with E-state index < -0.39 is 39.8 Å². The largest absolute Gasteiger partial charge is 0.497 e. The lowest BCUT2D eigenvalue weighted by Gasteiger charge is -2.19. The summed E-state index contributed by atoms with van der Waals surface area (Å²) in [5.41, 5.74) is 18.9.